The molecule has 1 fully saturated rings. The van der Waals surface area contributed by atoms with Crippen LogP contribution in [0, 0.1) is 5.92 Å². The molecule has 0 bridgehead atoms. The van der Waals surface area contributed by atoms with Crippen LogP contribution in [0.25, 0.3) is 0 Å². The van der Waals surface area contributed by atoms with Crippen LogP contribution >= 0.6 is 0 Å². The van der Waals surface area contributed by atoms with Gasteiger partial charge in [-0.1, -0.05) is 36.4 Å². The van der Waals surface area contributed by atoms with E-state index in [0.29, 0.717) is 25.6 Å². The number of nitrogens with zero attached hydrogens (tertiary/aromatic N) is 1. The van der Waals surface area contributed by atoms with Gasteiger partial charge in [-0.3, -0.25) is 4.79 Å². The summed E-state index contributed by atoms with van der Waals surface area (Å²) in [6.07, 6.45) is 4.64. The lowest BCUT2D eigenvalue weighted by atomic mass is 9.90. The molecule has 1 saturated heterocycles. The molecule has 0 saturated carbocycles. The molecule has 2 heterocycles. The van der Waals surface area contributed by atoms with Crippen molar-refractivity contribution in [3.05, 3.63) is 59.7 Å². The number of aryl methyl sites for hydroxylation is 1. The topological polar surface area (TPSA) is 38.8 Å². The van der Waals surface area contributed by atoms with Gasteiger partial charge in [0.1, 0.15) is 13.2 Å². The molecule has 2 aromatic rings. The van der Waals surface area contributed by atoms with Crippen molar-refractivity contribution in [2.24, 2.45) is 5.92 Å². The zero-order chi connectivity index (χ0) is 18.5. The number of benzene rings is 2. The molecule has 0 aromatic heterocycles. The highest BCUT2D eigenvalue weighted by Gasteiger charge is 2.23. The smallest absolute Gasteiger partial charge is 0.222 e. The maximum atomic E-state index is 12.6. The molecule has 0 spiro atoms. The van der Waals surface area contributed by atoms with Gasteiger partial charge in [0.2, 0.25) is 5.91 Å². The first-order chi connectivity index (χ1) is 13.3. The van der Waals surface area contributed by atoms with E-state index in [0.717, 1.165) is 55.8 Å². The average Bonchev–Trinajstić information content (AvgIpc) is 2.73. The van der Waals surface area contributed by atoms with E-state index in [9.17, 15) is 4.79 Å². The van der Waals surface area contributed by atoms with E-state index in [1.807, 2.05) is 23.1 Å². The van der Waals surface area contributed by atoms with E-state index in [2.05, 4.69) is 30.3 Å². The monoisotopic (exact) mass is 365 g/mol. The number of likely N-dealkylation sites (tertiary alicyclic amines) is 1. The van der Waals surface area contributed by atoms with Crippen LogP contribution < -0.4 is 9.47 Å². The highest BCUT2D eigenvalue weighted by Crippen LogP contribution is 2.31. The minimum Gasteiger partial charge on any atom is -0.486 e. The van der Waals surface area contributed by atoms with Crippen molar-refractivity contribution >= 4 is 5.91 Å². The van der Waals surface area contributed by atoms with E-state index in [4.69, 9.17) is 9.47 Å². The fourth-order valence-corrected chi connectivity index (χ4v) is 3.99. The molecule has 0 atom stereocenters. The Kier molecular flexibility index (Phi) is 5.61. The first-order valence-electron chi connectivity index (χ1n) is 9.98. The Bertz CT molecular complexity index is 766. The summed E-state index contributed by atoms with van der Waals surface area (Å²) in [5.41, 5.74) is 2.53. The summed E-state index contributed by atoms with van der Waals surface area (Å²) in [5, 5.41) is 0. The molecular formula is C23H27NO3. The van der Waals surface area contributed by atoms with Crippen LogP contribution in [0.15, 0.2) is 48.5 Å². The quantitative estimate of drug-likeness (QED) is 0.807. The zero-order valence-corrected chi connectivity index (χ0v) is 15.7. The van der Waals surface area contributed by atoms with Gasteiger partial charge in [0.25, 0.3) is 0 Å². The number of hydrogen-bond donors (Lipinski definition) is 0. The molecule has 2 aliphatic rings. The summed E-state index contributed by atoms with van der Waals surface area (Å²) >= 11 is 0. The van der Waals surface area contributed by atoms with Gasteiger partial charge in [0, 0.05) is 19.5 Å². The summed E-state index contributed by atoms with van der Waals surface area (Å²) < 4.78 is 11.2. The van der Waals surface area contributed by atoms with Crippen LogP contribution in [0.2, 0.25) is 0 Å². The lowest BCUT2D eigenvalue weighted by Crippen LogP contribution is -2.39. The Labute approximate surface area is 161 Å². The molecule has 2 aliphatic heterocycles. The number of ether oxygens (including phenoxy) is 2. The van der Waals surface area contributed by atoms with Crippen molar-refractivity contribution in [1.29, 1.82) is 0 Å². The number of hydrogen-bond acceptors (Lipinski definition) is 3. The minimum atomic E-state index is 0.267. The van der Waals surface area contributed by atoms with E-state index in [1.165, 1.54) is 5.56 Å². The molecule has 0 radical (unpaired) electrons. The van der Waals surface area contributed by atoms with Gasteiger partial charge in [0.15, 0.2) is 11.5 Å². The van der Waals surface area contributed by atoms with Gasteiger partial charge in [-0.15, -0.1) is 0 Å². The average molecular weight is 365 g/mol. The Morgan fingerprint density at radius 1 is 0.926 bits per heavy atom. The third kappa shape index (κ3) is 4.62. The molecule has 0 N–H and O–H groups in total. The second-order valence-electron chi connectivity index (χ2n) is 7.49. The van der Waals surface area contributed by atoms with Crippen molar-refractivity contribution in [1.82, 2.24) is 4.90 Å². The van der Waals surface area contributed by atoms with E-state index in [1.54, 1.807) is 0 Å². The molecule has 27 heavy (non-hydrogen) atoms. The van der Waals surface area contributed by atoms with Crippen LogP contribution in [0.1, 0.15) is 30.4 Å². The number of fused-ring (bicyclic) bond motifs is 1. The van der Waals surface area contributed by atoms with Crippen LogP contribution in [-0.2, 0) is 17.6 Å². The maximum Gasteiger partial charge on any atom is 0.222 e. The van der Waals surface area contributed by atoms with Gasteiger partial charge >= 0.3 is 0 Å². The Hall–Kier alpha value is -2.49. The van der Waals surface area contributed by atoms with E-state index < -0.39 is 0 Å². The lowest BCUT2D eigenvalue weighted by molar-refractivity contribution is -0.132. The number of rotatable bonds is 5. The normalized spacial score (nSPS) is 17.0. The molecule has 4 heteroatoms. The first-order valence-corrected chi connectivity index (χ1v) is 9.98. The van der Waals surface area contributed by atoms with Gasteiger partial charge in [-0.25, -0.2) is 0 Å². The van der Waals surface area contributed by atoms with Crippen LogP contribution in [0.3, 0.4) is 0 Å². The van der Waals surface area contributed by atoms with Crippen LogP contribution in [0.5, 0.6) is 11.5 Å². The summed E-state index contributed by atoms with van der Waals surface area (Å²) in [7, 11) is 0. The van der Waals surface area contributed by atoms with Gasteiger partial charge in [0.05, 0.1) is 0 Å². The predicted molar refractivity (Wildman–Crippen MR) is 105 cm³/mol. The van der Waals surface area contributed by atoms with Gasteiger partial charge in [-0.2, -0.15) is 0 Å². The van der Waals surface area contributed by atoms with E-state index in [-0.39, 0.29) is 5.91 Å². The van der Waals surface area contributed by atoms with Crippen LogP contribution in [0.4, 0.5) is 0 Å². The van der Waals surface area contributed by atoms with Gasteiger partial charge in [-0.05, 0) is 54.9 Å². The number of piperidine rings is 1. The molecule has 0 unspecified atom stereocenters. The minimum absolute atomic E-state index is 0.267. The molecule has 1 amide bonds. The molecule has 0 aliphatic carbocycles. The first kappa shape index (κ1) is 17.9. The zero-order valence-electron chi connectivity index (χ0n) is 15.7. The van der Waals surface area contributed by atoms with Crippen molar-refractivity contribution in [3.8, 4) is 11.5 Å². The number of amides is 1. The predicted octanol–water partition coefficient (Wildman–Crippen LogP) is 3.87. The molecule has 142 valence electrons. The number of carbonyl (C=O) groups is 1. The largest absolute Gasteiger partial charge is 0.486 e. The number of carbonyl (C=O) groups excluding carboxylic acids is 1. The Morgan fingerprint density at radius 3 is 2.44 bits per heavy atom. The maximum absolute atomic E-state index is 12.6. The SMILES string of the molecule is O=C(CCc1ccc2c(c1)OCCO2)N1CCC(Cc2ccccc2)CC1. The van der Waals surface area contributed by atoms with Crippen molar-refractivity contribution in [2.75, 3.05) is 26.3 Å². The van der Waals surface area contributed by atoms with Crippen molar-refractivity contribution in [3.63, 3.8) is 0 Å². The van der Waals surface area contributed by atoms with Gasteiger partial charge < -0.3 is 14.4 Å². The fraction of sp³-hybridized carbons (Fsp3) is 0.435. The Balaban J connectivity index is 1.24. The van der Waals surface area contributed by atoms with Crippen molar-refractivity contribution < 1.29 is 14.3 Å². The highest BCUT2D eigenvalue weighted by atomic mass is 16.6. The standard InChI is InChI=1S/C23H27NO3/c25-23(9-7-19-6-8-21-22(17-19)27-15-14-26-21)24-12-10-20(11-13-24)16-18-4-2-1-3-5-18/h1-6,8,17,20H,7,9-16H2. The lowest BCUT2D eigenvalue weighted by Gasteiger charge is -2.32. The third-order valence-electron chi connectivity index (χ3n) is 5.57. The third-order valence-corrected chi connectivity index (χ3v) is 5.57. The van der Waals surface area contributed by atoms with Crippen LogP contribution in [-0.4, -0.2) is 37.1 Å². The fourth-order valence-electron chi connectivity index (χ4n) is 3.99. The molecular weight excluding hydrogens is 338 g/mol. The summed E-state index contributed by atoms with van der Waals surface area (Å²) in [6.45, 7) is 2.97. The molecule has 4 rings (SSSR count). The molecule has 4 nitrogen and oxygen atoms in total. The second kappa shape index (κ2) is 8.47. The second-order valence-corrected chi connectivity index (χ2v) is 7.49. The van der Waals surface area contributed by atoms with E-state index >= 15 is 0 Å². The summed E-state index contributed by atoms with van der Waals surface area (Å²) in [5.74, 6) is 2.56. The summed E-state index contributed by atoms with van der Waals surface area (Å²) in [4.78, 5) is 14.6. The van der Waals surface area contributed by atoms with Crippen molar-refractivity contribution in [2.45, 2.75) is 32.1 Å². The molecule has 2 aromatic carbocycles. The Morgan fingerprint density at radius 2 is 1.67 bits per heavy atom. The summed E-state index contributed by atoms with van der Waals surface area (Å²) in [6, 6.07) is 16.7. The highest BCUT2D eigenvalue weighted by molar-refractivity contribution is 5.76.